The van der Waals surface area contributed by atoms with Crippen LogP contribution in [0.2, 0.25) is 5.02 Å². The Morgan fingerprint density at radius 3 is 3.03 bits per heavy atom. The monoisotopic (exact) mass is 424 g/mol. The van der Waals surface area contributed by atoms with Crippen LogP contribution in [0.25, 0.3) is 28.2 Å². The Morgan fingerprint density at radius 1 is 1.23 bits per heavy atom. The number of nitrogens with one attached hydrogen (secondary N) is 1. The van der Waals surface area contributed by atoms with Gasteiger partial charge in [-0.3, -0.25) is 0 Å². The van der Waals surface area contributed by atoms with Gasteiger partial charge in [0.15, 0.2) is 17.6 Å². The van der Waals surface area contributed by atoms with Crippen LogP contribution in [0.1, 0.15) is 6.42 Å². The highest BCUT2D eigenvalue weighted by molar-refractivity contribution is 6.33. The standard InChI is InChI=1S/C20H17ClN6O3/c21-12-8-13-19(26-20(24-13)30-15-10-29-14-4-7-28-18(14)15)25-17(12)11-2-3-16(22-9-11)27-6-1-5-23-27/h1-3,5-6,8-9,14-15,18H,4,7,10H2,(H,24,25,26). The Balaban J connectivity index is 1.28. The fraction of sp³-hybridized carbons (Fsp3) is 0.300. The van der Waals surface area contributed by atoms with Gasteiger partial charge >= 0.3 is 0 Å². The molecule has 0 radical (unpaired) electrons. The average Bonchev–Trinajstić information content (AvgIpc) is 3.54. The van der Waals surface area contributed by atoms with Gasteiger partial charge in [-0.15, -0.1) is 0 Å². The predicted molar refractivity (Wildman–Crippen MR) is 108 cm³/mol. The summed E-state index contributed by atoms with van der Waals surface area (Å²) in [6.45, 7) is 1.18. The number of hydrogen-bond donors (Lipinski definition) is 1. The zero-order valence-electron chi connectivity index (χ0n) is 15.7. The molecular weight excluding hydrogens is 408 g/mol. The van der Waals surface area contributed by atoms with Crippen LogP contribution in [0, 0.1) is 0 Å². The number of fused-ring (bicyclic) bond motifs is 2. The Bertz CT molecular complexity index is 1190. The zero-order chi connectivity index (χ0) is 20.1. The molecule has 0 bridgehead atoms. The maximum Gasteiger partial charge on any atom is 0.296 e. The number of pyridine rings is 2. The Labute approximate surface area is 176 Å². The van der Waals surface area contributed by atoms with E-state index >= 15 is 0 Å². The first-order chi connectivity index (χ1) is 14.7. The van der Waals surface area contributed by atoms with Gasteiger partial charge in [-0.05, 0) is 30.7 Å². The zero-order valence-corrected chi connectivity index (χ0v) is 16.5. The topological polar surface area (TPSA) is 100.0 Å². The molecule has 0 aliphatic carbocycles. The van der Waals surface area contributed by atoms with Gasteiger partial charge in [0.2, 0.25) is 0 Å². The highest BCUT2D eigenvalue weighted by Crippen LogP contribution is 2.31. The number of aromatic nitrogens is 6. The lowest BCUT2D eigenvalue weighted by atomic mass is 10.1. The minimum atomic E-state index is -0.188. The Hall–Kier alpha value is -3.01. The van der Waals surface area contributed by atoms with Gasteiger partial charge in [0.1, 0.15) is 6.10 Å². The summed E-state index contributed by atoms with van der Waals surface area (Å²) in [6.07, 6.45) is 6.02. The number of rotatable bonds is 4. The number of hydrogen-bond acceptors (Lipinski definition) is 7. The number of nitrogens with zero attached hydrogens (tertiary/aromatic N) is 5. The van der Waals surface area contributed by atoms with Crippen molar-refractivity contribution in [1.82, 2.24) is 29.7 Å². The molecule has 0 aromatic carbocycles. The third-order valence-corrected chi connectivity index (χ3v) is 5.64. The van der Waals surface area contributed by atoms with Gasteiger partial charge in [-0.2, -0.15) is 10.1 Å². The van der Waals surface area contributed by atoms with Crippen LogP contribution < -0.4 is 4.74 Å². The van der Waals surface area contributed by atoms with Crippen LogP contribution >= 0.6 is 11.6 Å². The number of imidazole rings is 1. The first kappa shape index (κ1) is 17.8. The van der Waals surface area contributed by atoms with E-state index in [0.717, 1.165) is 12.0 Å². The maximum atomic E-state index is 6.49. The summed E-state index contributed by atoms with van der Waals surface area (Å²) in [4.78, 5) is 16.7. The first-order valence-corrected chi connectivity index (χ1v) is 10.0. The summed E-state index contributed by atoms with van der Waals surface area (Å²) in [6, 6.07) is 7.78. The molecule has 6 rings (SSSR count). The van der Waals surface area contributed by atoms with Crippen molar-refractivity contribution in [2.24, 2.45) is 0 Å². The van der Waals surface area contributed by atoms with Crippen molar-refractivity contribution in [2.45, 2.75) is 24.7 Å². The van der Waals surface area contributed by atoms with Gasteiger partial charge in [-0.25, -0.2) is 14.6 Å². The van der Waals surface area contributed by atoms with Crippen molar-refractivity contribution in [3.63, 3.8) is 0 Å². The lowest BCUT2D eigenvalue weighted by Crippen LogP contribution is -2.32. The largest absolute Gasteiger partial charge is 0.456 e. The molecule has 4 aromatic heterocycles. The van der Waals surface area contributed by atoms with Gasteiger partial charge in [0.25, 0.3) is 6.01 Å². The fourth-order valence-electron chi connectivity index (χ4n) is 3.89. The number of aromatic amines is 1. The fourth-order valence-corrected chi connectivity index (χ4v) is 4.15. The molecule has 2 aliphatic rings. The molecule has 2 saturated heterocycles. The van der Waals surface area contributed by atoms with Gasteiger partial charge in [0, 0.05) is 30.8 Å². The summed E-state index contributed by atoms with van der Waals surface area (Å²) in [7, 11) is 0. The van der Waals surface area contributed by atoms with Crippen LogP contribution in [0.15, 0.2) is 42.9 Å². The second-order valence-electron chi connectivity index (χ2n) is 7.24. The molecule has 0 spiro atoms. The molecule has 3 unspecified atom stereocenters. The third kappa shape index (κ3) is 3.02. The van der Waals surface area contributed by atoms with E-state index < -0.39 is 0 Å². The SMILES string of the molecule is Clc1cc2[nH]c(OC3COC4CCOC43)nc2nc1-c1ccc(-n2cccn2)nc1. The minimum Gasteiger partial charge on any atom is -0.456 e. The average molecular weight is 425 g/mol. The van der Waals surface area contributed by atoms with Crippen molar-refractivity contribution < 1.29 is 14.2 Å². The molecule has 4 aromatic rings. The molecule has 30 heavy (non-hydrogen) atoms. The lowest BCUT2D eigenvalue weighted by Gasteiger charge is -2.15. The second kappa shape index (κ2) is 7.05. The van der Waals surface area contributed by atoms with Crippen LogP contribution in [0.4, 0.5) is 0 Å². The van der Waals surface area contributed by atoms with Crippen molar-refractivity contribution in [3.05, 3.63) is 47.9 Å². The molecule has 2 fully saturated rings. The van der Waals surface area contributed by atoms with Gasteiger partial charge < -0.3 is 19.2 Å². The second-order valence-corrected chi connectivity index (χ2v) is 7.65. The van der Waals surface area contributed by atoms with Crippen molar-refractivity contribution >= 4 is 22.8 Å². The Kier molecular flexibility index (Phi) is 4.19. The molecular formula is C20H17ClN6O3. The van der Waals surface area contributed by atoms with E-state index in [1.54, 1.807) is 23.1 Å². The number of H-pyrrole nitrogens is 1. The maximum absolute atomic E-state index is 6.49. The normalized spacial score (nSPS) is 23.2. The van der Waals surface area contributed by atoms with Crippen molar-refractivity contribution in [1.29, 1.82) is 0 Å². The summed E-state index contributed by atoms with van der Waals surface area (Å²) < 4.78 is 19.1. The molecule has 9 nitrogen and oxygen atoms in total. The van der Waals surface area contributed by atoms with Crippen molar-refractivity contribution in [2.75, 3.05) is 13.2 Å². The molecule has 3 atom stereocenters. The van der Waals surface area contributed by atoms with E-state index in [4.69, 9.17) is 25.8 Å². The number of halogens is 1. The molecule has 152 valence electrons. The van der Waals surface area contributed by atoms with Crippen LogP contribution in [-0.2, 0) is 9.47 Å². The van der Waals surface area contributed by atoms with E-state index in [2.05, 4.69) is 25.0 Å². The van der Waals surface area contributed by atoms with Crippen LogP contribution in [0.3, 0.4) is 0 Å². The molecule has 0 amide bonds. The van der Waals surface area contributed by atoms with Gasteiger partial charge in [0.05, 0.1) is 28.9 Å². The summed E-state index contributed by atoms with van der Waals surface area (Å²) >= 11 is 6.49. The van der Waals surface area contributed by atoms with Crippen LogP contribution in [-0.4, -0.2) is 61.2 Å². The van der Waals surface area contributed by atoms with Gasteiger partial charge in [-0.1, -0.05) is 11.6 Å². The minimum absolute atomic E-state index is 0.0512. The molecule has 6 heterocycles. The predicted octanol–water partition coefficient (Wildman–Crippen LogP) is 2.79. The van der Waals surface area contributed by atoms with E-state index in [1.165, 1.54) is 0 Å². The smallest absolute Gasteiger partial charge is 0.296 e. The Morgan fingerprint density at radius 2 is 2.20 bits per heavy atom. The summed E-state index contributed by atoms with van der Waals surface area (Å²) in [5, 5.41) is 4.67. The first-order valence-electron chi connectivity index (χ1n) is 9.67. The highest BCUT2D eigenvalue weighted by atomic mass is 35.5. The van der Waals surface area contributed by atoms with Crippen molar-refractivity contribution in [3.8, 4) is 23.1 Å². The van der Waals surface area contributed by atoms with E-state index in [0.29, 0.717) is 46.9 Å². The lowest BCUT2D eigenvalue weighted by molar-refractivity contribution is 0.0273. The molecule has 10 heteroatoms. The number of ether oxygens (including phenoxy) is 3. The highest BCUT2D eigenvalue weighted by Gasteiger charge is 2.43. The molecule has 0 saturated carbocycles. The van der Waals surface area contributed by atoms with E-state index in [-0.39, 0.29) is 18.3 Å². The van der Waals surface area contributed by atoms with Crippen LogP contribution in [0.5, 0.6) is 6.01 Å². The summed E-state index contributed by atoms with van der Waals surface area (Å²) in [5.74, 6) is 0.711. The molecule has 2 aliphatic heterocycles. The quantitative estimate of drug-likeness (QED) is 0.537. The molecule has 1 N–H and O–H groups in total. The third-order valence-electron chi connectivity index (χ3n) is 5.35. The van der Waals surface area contributed by atoms with E-state index in [1.807, 2.05) is 24.4 Å². The van der Waals surface area contributed by atoms with E-state index in [9.17, 15) is 0 Å². The summed E-state index contributed by atoms with van der Waals surface area (Å²) in [5.41, 5.74) is 2.60.